The van der Waals surface area contributed by atoms with E-state index in [-0.39, 0.29) is 5.91 Å². The Morgan fingerprint density at radius 2 is 1.39 bits per heavy atom. The maximum absolute atomic E-state index is 13.0. The van der Waals surface area contributed by atoms with E-state index < -0.39 is 12.1 Å². The van der Waals surface area contributed by atoms with Gasteiger partial charge >= 0.3 is 0 Å². The number of halogens is 2. The zero-order valence-electron chi connectivity index (χ0n) is 15.7. The standard InChI is InChI=1S/C23H22Cl2N2O/c1-14-3-12-20(15(2)13-14)23(28)27-22(17-6-10-19(25)11-7-17)21(26)16-4-8-18(24)9-5-16/h3-13,21-22H,26H2,1-2H3,(H,27,28)/t21-,22+/m1/s1. The SMILES string of the molecule is Cc1ccc(C(=O)N[C@@H](c2ccc(Cl)cc2)[C@H](N)c2ccc(Cl)cc2)c(C)c1. The summed E-state index contributed by atoms with van der Waals surface area (Å²) in [5.74, 6) is -0.165. The first kappa shape index (κ1) is 20.4. The van der Waals surface area contributed by atoms with Crippen LogP contribution in [0, 0.1) is 13.8 Å². The molecule has 144 valence electrons. The molecule has 0 heterocycles. The number of nitrogens with two attached hydrogens (primary N) is 1. The molecule has 0 aliphatic heterocycles. The van der Waals surface area contributed by atoms with Gasteiger partial charge in [-0.3, -0.25) is 4.79 Å². The molecule has 28 heavy (non-hydrogen) atoms. The van der Waals surface area contributed by atoms with Crippen molar-refractivity contribution in [3.63, 3.8) is 0 Å². The largest absolute Gasteiger partial charge is 0.343 e. The number of rotatable bonds is 5. The van der Waals surface area contributed by atoms with Gasteiger partial charge in [-0.15, -0.1) is 0 Å². The summed E-state index contributed by atoms with van der Waals surface area (Å²) < 4.78 is 0. The second-order valence-corrected chi connectivity index (χ2v) is 7.77. The Morgan fingerprint density at radius 3 is 1.93 bits per heavy atom. The predicted octanol–water partition coefficient (Wildman–Crippen LogP) is 5.78. The normalized spacial score (nSPS) is 13.0. The van der Waals surface area contributed by atoms with Crippen molar-refractivity contribution in [2.75, 3.05) is 0 Å². The summed E-state index contributed by atoms with van der Waals surface area (Å²) in [5, 5.41) is 4.37. The van der Waals surface area contributed by atoms with Crippen LogP contribution in [0.5, 0.6) is 0 Å². The first-order valence-corrected chi connectivity index (χ1v) is 9.75. The van der Waals surface area contributed by atoms with Crippen LogP contribution in [0.3, 0.4) is 0 Å². The van der Waals surface area contributed by atoms with Crippen LogP contribution in [0.1, 0.15) is 44.7 Å². The molecule has 3 aromatic rings. The lowest BCUT2D eigenvalue weighted by atomic mass is 9.93. The summed E-state index contributed by atoms with van der Waals surface area (Å²) in [6.07, 6.45) is 0. The molecule has 3 nitrogen and oxygen atoms in total. The lowest BCUT2D eigenvalue weighted by Gasteiger charge is -2.26. The van der Waals surface area contributed by atoms with E-state index >= 15 is 0 Å². The molecule has 3 aromatic carbocycles. The number of nitrogens with one attached hydrogen (secondary N) is 1. The number of carbonyl (C=O) groups excluding carboxylic acids is 1. The van der Waals surface area contributed by atoms with E-state index in [2.05, 4.69) is 5.32 Å². The van der Waals surface area contributed by atoms with E-state index in [1.54, 1.807) is 24.3 Å². The molecule has 0 unspecified atom stereocenters. The molecule has 0 aliphatic carbocycles. The van der Waals surface area contributed by atoms with E-state index in [9.17, 15) is 4.79 Å². The molecule has 0 bridgehead atoms. The van der Waals surface area contributed by atoms with Crippen LogP contribution in [0.4, 0.5) is 0 Å². The van der Waals surface area contributed by atoms with E-state index in [1.165, 1.54) is 0 Å². The van der Waals surface area contributed by atoms with Crippen molar-refractivity contribution in [1.29, 1.82) is 0 Å². The number of amides is 1. The zero-order valence-corrected chi connectivity index (χ0v) is 17.3. The van der Waals surface area contributed by atoms with Crippen molar-refractivity contribution >= 4 is 29.1 Å². The van der Waals surface area contributed by atoms with Gasteiger partial charge in [-0.1, -0.05) is 65.2 Å². The fourth-order valence-electron chi connectivity index (χ4n) is 3.22. The fraction of sp³-hybridized carbons (Fsp3) is 0.174. The van der Waals surface area contributed by atoms with Gasteiger partial charge in [0.15, 0.2) is 0 Å². The van der Waals surface area contributed by atoms with E-state index in [4.69, 9.17) is 28.9 Å². The highest BCUT2D eigenvalue weighted by atomic mass is 35.5. The molecule has 3 rings (SSSR count). The van der Waals surface area contributed by atoms with Crippen LogP contribution in [0.2, 0.25) is 10.0 Å². The number of hydrogen-bond acceptors (Lipinski definition) is 2. The maximum Gasteiger partial charge on any atom is 0.252 e. The van der Waals surface area contributed by atoms with Gasteiger partial charge in [-0.2, -0.15) is 0 Å². The Hall–Kier alpha value is -2.33. The highest BCUT2D eigenvalue weighted by molar-refractivity contribution is 6.30. The Morgan fingerprint density at radius 1 is 0.857 bits per heavy atom. The maximum atomic E-state index is 13.0. The van der Waals surface area contributed by atoms with E-state index in [1.807, 2.05) is 56.3 Å². The third kappa shape index (κ3) is 4.74. The molecule has 0 spiro atoms. The summed E-state index contributed by atoms with van der Waals surface area (Å²) in [6, 6.07) is 19.6. The van der Waals surface area contributed by atoms with E-state index in [0.29, 0.717) is 15.6 Å². The minimum Gasteiger partial charge on any atom is -0.343 e. The molecule has 0 saturated carbocycles. The van der Waals surface area contributed by atoms with Crippen molar-refractivity contribution in [1.82, 2.24) is 5.32 Å². The molecule has 0 fully saturated rings. The summed E-state index contributed by atoms with van der Waals surface area (Å²) in [6.45, 7) is 3.93. The topological polar surface area (TPSA) is 55.1 Å². The summed E-state index contributed by atoms with van der Waals surface area (Å²) in [5.41, 5.74) is 11.0. The summed E-state index contributed by atoms with van der Waals surface area (Å²) >= 11 is 12.0. The van der Waals surface area contributed by atoms with Gasteiger partial charge in [-0.25, -0.2) is 0 Å². The molecular formula is C23H22Cl2N2O. The lowest BCUT2D eigenvalue weighted by Crippen LogP contribution is -2.36. The number of benzene rings is 3. The van der Waals surface area contributed by atoms with Crippen LogP contribution < -0.4 is 11.1 Å². The van der Waals surface area contributed by atoms with Crippen molar-refractivity contribution < 1.29 is 4.79 Å². The third-order valence-corrected chi connectivity index (χ3v) is 5.26. The van der Waals surface area contributed by atoms with Crippen LogP contribution in [0.15, 0.2) is 66.7 Å². The van der Waals surface area contributed by atoms with Gasteiger partial charge in [0.05, 0.1) is 12.1 Å². The lowest BCUT2D eigenvalue weighted by molar-refractivity contribution is 0.0930. The molecule has 0 radical (unpaired) electrons. The molecule has 5 heteroatoms. The molecule has 0 saturated heterocycles. The van der Waals surface area contributed by atoms with Gasteiger partial charge < -0.3 is 11.1 Å². The quantitative estimate of drug-likeness (QED) is 0.557. The van der Waals surface area contributed by atoms with Crippen LogP contribution in [-0.2, 0) is 0 Å². The zero-order chi connectivity index (χ0) is 20.3. The fourth-order valence-corrected chi connectivity index (χ4v) is 3.47. The minimum absolute atomic E-state index is 0.165. The Labute approximate surface area is 175 Å². The van der Waals surface area contributed by atoms with Gasteiger partial charge in [0.2, 0.25) is 0 Å². The Balaban J connectivity index is 1.94. The first-order chi connectivity index (χ1) is 13.3. The Kier molecular flexibility index (Phi) is 6.40. The van der Waals surface area contributed by atoms with Crippen LogP contribution in [0.25, 0.3) is 0 Å². The molecule has 0 aliphatic rings. The van der Waals surface area contributed by atoms with Crippen molar-refractivity contribution in [3.8, 4) is 0 Å². The minimum atomic E-state index is -0.451. The number of hydrogen-bond donors (Lipinski definition) is 2. The smallest absolute Gasteiger partial charge is 0.252 e. The molecule has 1 amide bonds. The average Bonchev–Trinajstić information content (AvgIpc) is 2.67. The van der Waals surface area contributed by atoms with Gasteiger partial charge in [0, 0.05) is 15.6 Å². The Bertz CT molecular complexity index is 969. The molecule has 2 atom stereocenters. The highest BCUT2D eigenvalue weighted by Crippen LogP contribution is 2.29. The second-order valence-electron chi connectivity index (χ2n) is 6.90. The second kappa shape index (κ2) is 8.78. The number of aryl methyl sites for hydroxylation is 2. The van der Waals surface area contributed by atoms with Crippen molar-refractivity contribution in [2.24, 2.45) is 5.73 Å². The van der Waals surface area contributed by atoms with Gasteiger partial charge in [0.1, 0.15) is 0 Å². The molecular weight excluding hydrogens is 391 g/mol. The third-order valence-electron chi connectivity index (χ3n) is 4.76. The predicted molar refractivity (Wildman–Crippen MR) is 116 cm³/mol. The van der Waals surface area contributed by atoms with Crippen LogP contribution >= 0.6 is 23.2 Å². The summed E-state index contributed by atoms with van der Waals surface area (Å²) in [4.78, 5) is 13.0. The van der Waals surface area contributed by atoms with Crippen molar-refractivity contribution in [3.05, 3.63) is 105 Å². The van der Waals surface area contributed by atoms with Gasteiger partial charge in [-0.05, 0) is 60.9 Å². The van der Waals surface area contributed by atoms with E-state index in [0.717, 1.165) is 22.3 Å². The molecule has 3 N–H and O–H groups in total. The van der Waals surface area contributed by atoms with Crippen molar-refractivity contribution in [2.45, 2.75) is 25.9 Å². The molecule has 0 aromatic heterocycles. The summed E-state index contributed by atoms with van der Waals surface area (Å²) in [7, 11) is 0. The monoisotopic (exact) mass is 412 g/mol. The van der Waals surface area contributed by atoms with Gasteiger partial charge in [0.25, 0.3) is 5.91 Å². The van der Waals surface area contributed by atoms with Crippen LogP contribution in [-0.4, -0.2) is 5.91 Å². The average molecular weight is 413 g/mol. The highest BCUT2D eigenvalue weighted by Gasteiger charge is 2.24. The first-order valence-electron chi connectivity index (χ1n) is 9.00. The number of carbonyl (C=O) groups is 1.